The molecule has 1 aliphatic rings. The lowest BCUT2D eigenvalue weighted by Crippen LogP contribution is -2.35. The number of nitrogens with two attached hydrogens (primary N) is 2. The van der Waals surface area contributed by atoms with Crippen molar-refractivity contribution in [1.29, 1.82) is 0 Å². The first-order chi connectivity index (χ1) is 5.59. The summed E-state index contributed by atoms with van der Waals surface area (Å²) < 4.78 is 0. The molecule has 0 bridgehead atoms. The molecular weight excluding hydrogens is 154 g/mol. The molecular formula is C8H17N3O. The summed E-state index contributed by atoms with van der Waals surface area (Å²) in [6, 6.07) is 0.282. The zero-order valence-corrected chi connectivity index (χ0v) is 7.49. The van der Waals surface area contributed by atoms with Crippen LogP contribution in [-0.2, 0) is 4.79 Å². The van der Waals surface area contributed by atoms with Crippen LogP contribution < -0.4 is 11.5 Å². The minimum absolute atomic E-state index is 0.0599. The summed E-state index contributed by atoms with van der Waals surface area (Å²) in [4.78, 5) is 12.9. The Labute approximate surface area is 72.9 Å². The van der Waals surface area contributed by atoms with Gasteiger partial charge in [0.15, 0.2) is 0 Å². The third-order valence-electron chi connectivity index (χ3n) is 2.33. The lowest BCUT2D eigenvalue weighted by Gasteiger charge is -2.17. The Morgan fingerprint density at radius 2 is 2.42 bits per heavy atom. The van der Waals surface area contributed by atoms with Crippen molar-refractivity contribution in [1.82, 2.24) is 4.90 Å². The average Bonchev–Trinajstić information content (AvgIpc) is 2.35. The minimum atomic E-state index is -0.226. The molecule has 1 rings (SSSR count). The molecule has 0 aromatic carbocycles. The van der Waals surface area contributed by atoms with E-state index in [9.17, 15) is 4.79 Å². The highest BCUT2D eigenvalue weighted by molar-refractivity contribution is 5.76. The second-order valence-electron chi connectivity index (χ2n) is 3.61. The molecule has 0 spiro atoms. The van der Waals surface area contributed by atoms with Crippen molar-refractivity contribution in [3.8, 4) is 0 Å². The van der Waals surface area contributed by atoms with Crippen LogP contribution in [0.2, 0.25) is 0 Å². The number of amides is 1. The zero-order valence-electron chi connectivity index (χ0n) is 7.49. The highest BCUT2D eigenvalue weighted by atomic mass is 16.1. The molecule has 4 nitrogen and oxygen atoms in total. The predicted octanol–water partition coefficient (Wildman–Crippen LogP) is -0.859. The van der Waals surface area contributed by atoms with E-state index < -0.39 is 0 Å². The van der Waals surface area contributed by atoms with Gasteiger partial charge in [0.05, 0.1) is 0 Å². The van der Waals surface area contributed by atoms with Gasteiger partial charge in [0, 0.05) is 25.0 Å². The summed E-state index contributed by atoms with van der Waals surface area (Å²) in [6.07, 6.45) is 1.03. The van der Waals surface area contributed by atoms with Gasteiger partial charge >= 0.3 is 0 Å². The van der Waals surface area contributed by atoms with E-state index in [2.05, 4.69) is 4.90 Å². The van der Waals surface area contributed by atoms with Crippen LogP contribution in [0.4, 0.5) is 0 Å². The van der Waals surface area contributed by atoms with E-state index in [0.29, 0.717) is 0 Å². The van der Waals surface area contributed by atoms with Crippen LogP contribution in [0.5, 0.6) is 0 Å². The van der Waals surface area contributed by atoms with Gasteiger partial charge in [-0.2, -0.15) is 0 Å². The number of likely N-dealkylation sites (tertiary alicyclic amines) is 1. The van der Waals surface area contributed by atoms with Crippen molar-refractivity contribution in [3.63, 3.8) is 0 Å². The number of carbonyl (C=O) groups is 1. The zero-order chi connectivity index (χ0) is 9.14. The number of rotatable bonds is 3. The third-order valence-corrected chi connectivity index (χ3v) is 2.33. The van der Waals surface area contributed by atoms with E-state index in [-0.39, 0.29) is 17.9 Å². The highest BCUT2D eigenvalue weighted by Crippen LogP contribution is 2.09. The SMILES string of the molecule is CC(CN1CCC(N)C1)C(N)=O. The summed E-state index contributed by atoms with van der Waals surface area (Å²) >= 11 is 0. The van der Waals surface area contributed by atoms with Crippen LogP contribution in [0.1, 0.15) is 13.3 Å². The van der Waals surface area contributed by atoms with Gasteiger partial charge in [-0.3, -0.25) is 4.79 Å². The molecule has 0 aromatic rings. The molecule has 1 amide bonds. The Hall–Kier alpha value is -0.610. The summed E-state index contributed by atoms with van der Waals surface area (Å²) in [6.45, 7) is 4.51. The Morgan fingerprint density at radius 3 is 2.83 bits per heavy atom. The van der Waals surface area contributed by atoms with Crippen molar-refractivity contribution < 1.29 is 4.79 Å². The van der Waals surface area contributed by atoms with Crippen LogP contribution in [0.25, 0.3) is 0 Å². The molecule has 70 valence electrons. The van der Waals surface area contributed by atoms with Gasteiger partial charge in [0.25, 0.3) is 0 Å². The van der Waals surface area contributed by atoms with Gasteiger partial charge in [0.2, 0.25) is 5.91 Å². The Balaban J connectivity index is 2.27. The fraction of sp³-hybridized carbons (Fsp3) is 0.875. The topological polar surface area (TPSA) is 72.3 Å². The van der Waals surface area contributed by atoms with Crippen molar-refractivity contribution in [2.75, 3.05) is 19.6 Å². The molecule has 12 heavy (non-hydrogen) atoms. The lowest BCUT2D eigenvalue weighted by atomic mass is 10.1. The molecule has 1 aliphatic heterocycles. The Bertz CT molecular complexity index is 172. The molecule has 1 saturated heterocycles. The third kappa shape index (κ3) is 2.46. The number of primary amides is 1. The van der Waals surface area contributed by atoms with Gasteiger partial charge < -0.3 is 16.4 Å². The lowest BCUT2D eigenvalue weighted by molar-refractivity contribution is -0.121. The number of hydrogen-bond donors (Lipinski definition) is 2. The van der Waals surface area contributed by atoms with Crippen LogP contribution in [0.3, 0.4) is 0 Å². The molecule has 2 atom stereocenters. The minimum Gasteiger partial charge on any atom is -0.369 e. The van der Waals surface area contributed by atoms with E-state index in [1.165, 1.54) is 0 Å². The van der Waals surface area contributed by atoms with Gasteiger partial charge in [0.1, 0.15) is 0 Å². The van der Waals surface area contributed by atoms with Gasteiger partial charge in [-0.15, -0.1) is 0 Å². The fourth-order valence-corrected chi connectivity index (χ4v) is 1.51. The van der Waals surface area contributed by atoms with Crippen molar-refractivity contribution in [2.24, 2.45) is 17.4 Å². The van der Waals surface area contributed by atoms with E-state index in [1.54, 1.807) is 0 Å². The normalized spacial score (nSPS) is 27.3. The predicted molar refractivity (Wildman–Crippen MR) is 47.4 cm³/mol. The monoisotopic (exact) mass is 171 g/mol. The molecule has 0 aliphatic carbocycles. The average molecular weight is 171 g/mol. The number of nitrogens with zero attached hydrogens (tertiary/aromatic N) is 1. The largest absolute Gasteiger partial charge is 0.369 e. The van der Waals surface area contributed by atoms with E-state index in [0.717, 1.165) is 26.1 Å². The molecule has 1 fully saturated rings. The van der Waals surface area contributed by atoms with E-state index >= 15 is 0 Å². The maximum absolute atomic E-state index is 10.7. The van der Waals surface area contributed by atoms with Gasteiger partial charge in [-0.05, 0) is 13.0 Å². The summed E-state index contributed by atoms with van der Waals surface area (Å²) in [7, 11) is 0. The molecule has 0 saturated carbocycles. The summed E-state index contributed by atoms with van der Waals surface area (Å²) in [5.74, 6) is -0.286. The van der Waals surface area contributed by atoms with Crippen molar-refractivity contribution in [3.05, 3.63) is 0 Å². The number of hydrogen-bond acceptors (Lipinski definition) is 3. The Kier molecular flexibility index (Phi) is 3.05. The molecule has 0 aromatic heterocycles. The van der Waals surface area contributed by atoms with Crippen molar-refractivity contribution in [2.45, 2.75) is 19.4 Å². The first-order valence-corrected chi connectivity index (χ1v) is 4.37. The van der Waals surface area contributed by atoms with E-state index in [1.807, 2.05) is 6.92 Å². The standard InChI is InChI=1S/C8H17N3O/c1-6(8(10)12)4-11-3-2-7(9)5-11/h6-7H,2-5,9H2,1H3,(H2,10,12). The first kappa shape index (κ1) is 9.48. The van der Waals surface area contributed by atoms with Gasteiger partial charge in [-0.1, -0.05) is 6.92 Å². The van der Waals surface area contributed by atoms with Crippen LogP contribution in [0, 0.1) is 5.92 Å². The maximum Gasteiger partial charge on any atom is 0.221 e. The maximum atomic E-state index is 10.7. The summed E-state index contributed by atoms with van der Waals surface area (Å²) in [5.41, 5.74) is 10.9. The van der Waals surface area contributed by atoms with Gasteiger partial charge in [-0.25, -0.2) is 0 Å². The second kappa shape index (κ2) is 3.87. The summed E-state index contributed by atoms with van der Waals surface area (Å²) in [5, 5.41) is 0. The van der Waals surface area contributed by atoms with Crippen LogP contribution in [-0.4, -0.2) is 36.5 Å². The second-order valence-corrected chi connectivity index (χ2v) is 3.61. The Morgan fingerprint density at radius 1 is 1.75 bits per heavy atom. The molecule has 4 heteroatoms. The van der Waals surface area contributed by atoms with Crippen molar-refractivity contribution >= 4 is 5.91 Å². The smallest absolute Gasteiger partial charge is 0.221 e. The molecule has 0 radical (unpaired) electrons. The molecule has 4 N–H and O–H groups in total. The highest BCUT2D eigenvalue weighted by Gasteiger charge is 2.21. The molecule has 2 unspecified atom stereocenters. The quantitative estimate of drug-likeness (QED) is 0.580. The first-order valence-electron chi connectivity index (χ1n) is 4.37. The fourth-order valence-electron chi connectivity index (χ4n) is 1.51. The van der Waals surface area contributed by atoms with Crippen LogP contribution in [0.15, 0.2) is 0 Å². The van der Waals surface area contributed by atoms with Crippen LogP contribution >= 0.6 is 0 Å². The molecule has 1 heterocycles. The number of carbonyl (C=O) groups excluding carboxylic acids is 1. The van der Waals surface area contributed by atoms with E-state index in [4.69, 9.17) is 11.5 Å².